The molecule has 132 valence electrons. The summed E-state index contributed by atoms with van der Waals surface area (Å²) in [4.78, 5) is 19.7. The van der Waals surface area contributed by atoms with Gasteiger partial charge in [-0.25, -0.2) is 4.98 Å². The lowest BCUT2D eigenvalue weighted by Crippen LogP contribution is -2.52. The quantitative estimate of drug-likeness (QED) is 0.837. The summed E-state index contributed by atoms with van der Waals surface area (Å²) in [6, 6.07) is 7.71. The number of hydrogen-bond acceptors (Lipinski definition) is 4. The monoisotopic (exact) mass is 360 g/mol. The molecular formula is C19H21ClN2O3. The Labute approximate surface area is 151 Å². The van der Waals surface area contributed by atoms with Gasteiger partial charge < -0.3 is 14.1 Å². The molecule has 0 spiro atoms. The van der Waals surface area contributed by atoms with Crippen LogP contribution in [0, 0.1) is 0 Å². The predicted molar refractivity (Wildman–Crippen MR) is 93.3 cm³/mol. The van der Waals surface area contributed by atoms with Crippen LogP contribution in [0.2, 0.25) is 5.02 Å². The third kappa shape index (κ3) is 2.85. The highest BCUT2D eigenvalue weighted by atomic mass is 35.5. The van der Waals surface area contributed by atoms with Gasteiger partial charge in [-0.3, -0.25) is 4.79 Å². The summed E-state index contributed by atoms with van der Waals surface area (Å²) in [5.41, 5.74) is 1.53. The number of oxazole rings is 1. The number of methoxy groups -OCH3 is 1. The van der Waals surface area contributed by atoms with Crippen LogP contribution in [0.15, 0.2) is 28.7 Å². The summed E-state index contributed by atoms with van der Waals surface area (Å²) < 4.78 is 10.8. The number of halogens is 1. The Morgan fingerprint density at radius 1 is 1.36 bits per heavy atom. The van der Waals surface area contributed by atoms with Gasteiger partial charge >= 0.3 is 0 Å². The highest BCUT2D eigenvalue weighted by molar-refractivity contribution is 6.30. The normalized spacial score (nSPS) is 18.6. The van der Waals surface area contributed by atoms with Crippen molar-refractivity contribution in [3.05, 3.63) is 52.2 Å². The van der Waals surface area contributed by atoms with E-state index in [9.17, 15) is 4.79 Å². The van der Waals surface area contributed by atoms with Crippen molar-refractivity contribution < 1.29 is 13.9 Å². The molecule has 0 saturated heterocycles. The Morgan fingerprint density at radius 3 is 2.76 bits per heavy atom. The SMILES string of the molecule is COCc1nc2c(o1)CCN(C(=O)C1(c3ccc(Cl)cc3)CCC1)C2. The minimum absolute atomic E-state index is 0.197. The fraction of sp³-hybridized carbons (Fsp3) is 0.474. The van der Waals surface area contributed by atoms with Crippen molar-refractivity contribution in [2.24, 2.45) is 0 Å². The fourth-order valence-corrected chi connectivity index (χ4v) is 3.96. The maximum atomic E-state index is 13.3. The third-order valence-corrected chi connectivity index (χ3v) is 5.59. The Balaban J connectivity index is 1.56. The highest BCUT2D eigenvalue weighted by Crippen LogP contribution is 2.46. The van der Waals surface area contributed by atoms with Crippen LogP contribution in [0.4, 0.5) is 0 Å². The van der Waals surface area contributed by atoms with E-state index in [0.29, 0.717) is 37.0 Å². The second kappa shape index (κ2) is 6.46. The molecule has 1 fully saturated rings. The topological polar surface area (TPSA) is 55.6 Å². The van der Waals surface area contributed by atoms with E-state index in [1.165, 1.54) is 0 Å². The molecule has 0 bridgehead atoms. The van der Waals surface area contributed by atoms with E-state index < -0.39 is 5.41 Å². The lowest BCUT2D eigenvalue weighted by atomic mass is 9.63. The number of fused-ring (bicyclic) bond motifs is 1. The number of ether oxygens (including phenoxy) is 1. The van der Waals surface area contributed by atoms with E-state index in [4.69, 9.17) is 20.8 Å². The van der Waals surface area contributed by atoms with Crippen molar-refractivity contribution in [2.75, 3.05) is 13.7 Å². The second-order valence-electron chi connectivity index (χ2n) is 6.83. The van der Waals surface area contributed by atoms with Gasteiger partial charge in [-0.2, -0.15) is 0 Å². The van der Waals surface area contributed by atoms with Crippen LogP contribution in [-0.2, 0) is 34.5 Å². The van der Waals surface area contributed by atoms with E-state index in [2.05, 4.69) is 4.98 Å². The molecule has 1 aliphatic heterocycles. The number of amides is 1. The Kier molecular flexibility index (Phi) is 4.29. The molecule has 2 aromatic rings. The van der Waals surface area contributed by atoms with E-state index in [-0.39, 0.29) is 5.91 Å². The molecule has 2 aliphatic rings. The van der Waals surface area contributed by atoms with Gasteiger partial charge in [0.05, 0.1) is 12.0 Å². The molecule has 25 heavy (non-hydrogen) atoms. The molecule has 1 amide bonds. The lowest BCUT2D eigenvalue weighted by molar-refractivity contribution is -0.142. The van der Waals surface area contributed by atoms with Crippen LogP contribution in [0.5, 0.6) is 0 Å². The van der Waals surface area contributed by atoms with Gasteiger partial charge in [-0.15, -0.1) is 0 Å². The van der Waals surface area contributed by atoms with Gasteiger partial charge in [-0.1, -0.05) is 30.2 Å². The number of hydrogen-bond donors (Lipinski definition) is 0. The molecule has 0 atom stereocenters. The number of carbonyl (C=O) groups is 1. The molecule has 0 N–H and O–H groups in total. The van der Waals surface area contributed by atoms with Gasteiger partial charge in [0.15, 0.2) is 0 Å². The number of nitrogens with zero attached hydrogens (tertiary/aromatic N) is 2. The molecule has 1 aliphatic carbocycles. The largest absolute Gasteiger partial charge is 0.443 e. The lowest BCUT2D eigenvalue weighted by Gasteiger charge is -2.44. The summed E-state index contributed by atoms with van der Waals surface area (Å²) >= 11 is 6.01. The molecule has 1 saturated carbocycles. The summed E-state index contributed by atoms with van der Waals surface area (Å²) in [7, 11) is 1.62. The Morgan fingerprint density at radius 2 is 2.12 bits per heavy atom. The maximum Gasteiger partial charge on any atom is 0.233 e. The first-order valence-corrected chi connectivity index (χ1v) is 9.02. The number of benzene rings is 1. The zero-order valence-corrected chi connectivity index (χ0v) is 15.0. The Bertz CT molecular complexity index is 780. The summed E-state index contributed by atoms with van der Waals surface area (Å²) in [5, 5.41) is 0.696. The van der Waals surface area contributed by atoms with Crippen molar-refractivity contribution >= 4 is 17.5 Å². The molecule has 1 aromatic carbocycles. The van der Waals surface area contributed by atoms with Crippen molar-refractivity contribution in [1.82, 2.24) is 9.88 Å². The summed E-state index contributed by atoms with van der Waals surface area (Å²) in [6.07, 6.45) is 3.57. The van der Waals surface area contributed by atoms with Crippen LogP contribution < -0.4 is 0 Å². The van der Waals surface area contributed by atoms with Gasteiger partial charge in [0.25, 0.3) is 0 Å². The summed E-state index contributed by atoms with van der Waals surface area (Å²) in [5.74, 6) is 1.66. The van der Waals surface area contributed by atoms with Crippen LogP contribution in [0.3, 0.4) is 0 Å². The zero-order valence-electron chi connectivity index (χ0n) is 14.3. The van der Waals surface area contributed by atoms with E-state index >= 15 is 0 Å². The summed E-state index contributed by atoms with van der Waals surface area (Å²) in [6.45, 7) is 1.54. The van der Waals surface area contributed by atoms with E-state index in [1.54, 1.807) is 7.11 Å². The minimum Gasteiger partial charge on any atom is -0.443 e. The number of aromatic nitrogens is 1. The molecule has 0 unspecified atom stereocenters. The first-order chi connectivity index (χ1) is 12.1. The molecule has 5 nitrogen and oxygen atoms in total. The second-order valence-corrected chi connectivity index (χ2v) is 7.27. The first-order valence-electron chi connectivity index (χ1n) is 8.64. The average Bonchev–Trinajstić information content (AvgIpc) is 2.97. The van der Waals surface area contributed by atoms with Gasteiger partial charge in [0.2, 0.25) is 11.8 Å². The fourth-order valence-electron chi connectivity index (χ4n) is 3.84. The molecular weight excluding hydrogens is 340 g/mol. The highest BCUT2D eigenvalue weighted by Gasteiger charge is 2.48. The maximum absolute atomic E-state index is 13.3. The van der Waals surface area contributed by atoms with Gasteiger partial charge in [0, 0.05) is 25.1 Å². The van der Waals surface area contributed by atoms with Crippen LogP contribution in [0.1, 0.15) is 42.2 Å². The molecule has 0 radical (unpaired) electrons. The third-order valence-electron chi connectivity index (χ3n) is 5.34. The average molecular weight is 361 g/mol. The number of carbonyl (C=O) groups excluding carboxylic acids is 1. The molecule has 4 rings (SSSR count). The smallest absolute Gasteiger partial charge is 0.233 e. The standard InChI is InChI=1S/C19H21ClN2O3/c1-24-12-17-21-15-11-22(10-7-16(15)25-17)18(23)19(8-2-9-19)13-3-5-14(20)6-4-13/h3-6H,2,7-12H2,1H3. The van der Waals surface area contributed by atoms with Crippen molar-refractivity contribution in [2.45, 2.75) is 44.2 Å². The van der Waals surface area contributed by atoms with Crippen molar-refractivity contribution in [3.8, 4) is 0 Å². The predicted octanol–water partition coefficient (Wildman–Crippen LogP) is 3.48. The van der Waals surface area contributed by atoms with Crippen molar-refractivity contribution in [1.29, 1.82) is 0 Å². The number of rotatable bonds is 4. The van der Waals surface area contributed by atoms with Gasteiger partial charge in [0.1, 0.15) is 18.1 Å². The van der Waals surface area contributed by atoms with E-state index in [1.807, 2.05) is 29.2 Å². The van der Waals surface area contributed by atoms with Crippen LogP contribution >= 0.6 is 11.6 Å². The minimum atomic E-state index is -0.402. The molecule has 6 heteroatoms. The van der Waals surface area contributed by atoms with Crippen molar-refractivity contribution in [3.63, 3.8) is 0 Å². The van der Waals surface area contributed by atoms with Gasteiger partial charge in [-0.05, 0) is 30.5 Å². The molecule has 1 aromatic heterocycles. The van der Waals surface area contributed by atoms with E-state index in [0.717, 1.165) is 36.3 Å². The van der Waals surface area contributed by atoms with Crippen LogP contribution in [-0.4, -0.2) is 29.4 Å². The first kappa shape index (κ1) is 16.6. The van der Waals surface area contributed by atoms with Crippen LogP contribution in [0.25, 0.3) is 0 Å². The zero-order chi connectivity index (χ0) is 17.4. The Hall–Kier alpha value is -1.85. The molecule has 2 heterocycles.